The largest absolute Gasteiger partial charge is 0.461 e. The van der Waals surface area contributed by atoms with Gasteiger partial charge in [0.25, 0.3) is 0 Å². The topological polar surface area (TPSA) is 65.9 Å². The van der Waals surface area contributed by atoms with E-state index in [1.54, 1.807) is 6.26 Å². The molecular weight excluding hydrogens is 438 g/mol. The van der Waals surface area contributed by atoms with Crippen molar-refractivity contribution >= 4 is 11.6 Å². The molecule has 8 heteroatoms. The molecule has 3 aromatic heterocycles. The summed E-state index contributed by atoms with van der Waals surface area (Å²) < 4.78 is 7.54. The number of furan rings is 1. The number of piperidine rings is 1. The summed E-state index contributed by atoms with van der Waals surface area (Å²) in [6, 6.07) is 14.7. The predicted molar refractivity (Wildman–Crippen MR) is 136 cm³/mol. The van der Waals surface area contributed by atoms with Crippen molar-refractivity contribution in [3.63, 3.8) is 0 Å². The van der Waals surface area contributed by atoms with Crippen molar-refractivity contribution in [1.29, 1.82) is 0 Å². The number of nitrogens with zero attached hydrogens (tertiary/aromatic N) is 7. The SMILES string of the molecule is CN1CCN(c2ncc(CN3CCC(Cc4ccccc4)CC3)c3nc(-c4ccco4)nn23)CC1. The quantitative estimate of drug-likeness (QED) is 0.426. The van der Waals surface area contributed by atoms with Crippen LogP contribution >= 0.6 is 0 Å². The first-order valence-corrected chi connectivity index (χ1v) is 12.7. The van der Waals surface area contributed by atoms with Crippen LogP contribution < -0.4 is 4.90 Å². The molecule has 0 amide bonds. The van der Waals surface area contributed by atoms with Crippen LogP contribution in [0.25, 0.3) is 17.2 Å². The van der Waals surface area contributed by atoms with Gasteiger partial charge in [-0.1, -0.05) is 30.3 Å². The Morgan fingerprint density at radius 1 is 0.943 bits per heavy atom. The van der Waals surface area contributed by atoms with Gasteiger partial charge in [0.1, 0.15) is 0 Å². The van der Waals surface area contributed by atoms with Gasteiger partial charge in [-0.25, -0.2) is 9.97 Å². The van der Waals surface area contributed by atoms with Crippen LogP contribution in [-0.2, 0) is 13.0 Å². The average molecular weight is 472 g/mol. The zero-order valence-electron chi connectivity index (χ0n) is 20.4. The van der Waals surface area contributed by atoms with Crippen molar-refractivity contribution in [2.24, 2.45) is 5.92 Å². The van der Waals surface area contributed by atoms with E-state index in [-0.39, 0.29) is 0 Å². The number of rotatable bonds is 6. The van der Waals surface area contributed by atoms with E-state index in [4.69, 9.17) is 19.5 Å². The van der Waals surface area contributed by atoms with Gasteiger partial charge in [0.15, 0.2) is 11.4 Å². The van der Waals surface area contributed by atoms with Gasteiger partial charge < -0.3 is 14.2 Å². The summed E-state index contributed by atoms with van der Waals surface area (Å²) >= 11 is 0. The summed E-state index contributed by atoms with van der Waals surface area (Å²) in [6.07, 6.45) is 7.31. The minimum absolute atomic E-state index is 0.612. The van der Waals surface area contributed by atoms with E-state index >= 15 is 0 Å². The molecule has 2 aliphatic rings. The maximum atomic E-state index is 5.61. The Balaban J connectivity index is 1.22. The second-order valence-corrected chi connectivity index (χ2v) is 9.93. The van der Waals surface area contributed by atoms with E-state index in [0.717, 1.165) is 68.9 Å². The van der Waals surface area contributed by atoms with Crippen LogP contribution in [0.3, 0.4) is 0 Å². The maximum absolute atomic E-state index is 5.61. The molecular formula is C27H33N7O. The summed E-state index contributed by atoms with van der Waals surface area (Å²) in [5.41, 5.74) is 3.45. The van der Waals surface area contributed by atoms with Gasteiger partial charge in [0.05, 0.1) is 6.26 Å². The Hall–Kier alpha value is -3.23. The smallest absolute Gasteiger partial charge is 0.228 e. The number of likely N-dealkylation sites (tertiary alicyclic amines) is 1. The minimum Gasteiger partial charge on any atom is -0.461 e. The van der Waals surface area contributed by atoms with Crippen molar-refractivity contribution in [3.8, 4) is 11.6 Å². The number of fused-ring (bicyclic) bond motifs is 1. The summed E-state index contributed by atoms with van der Waals surface area (Å²) in [5.74, 6) is 2.92. The highest BCUT2D eigenvalue weighted by Crippen LogP contribution is 2.26. The Morgan fingerprint density at radius 3 is 2.49 bits per heavy atom. The highest BCUT2D eigenvalue weighted by atomic mass is 16.3. The fourth-order valence-corrected chi connectivity index (χ4v) is 5.29. The number of hydrogen-bond acceptors (Lipinski definition) is 7. The van der Waals surface area contributed by atoms with Gasteiger partial charge in [0.2, 0.25) is 11.8 Å². The lowest BCUT2D eigenvalue weighted by atomic mass is 9.90. The number of hydrogen-bond donors (Lipinski definition) is 0. The summed E-state index contributed by atoms with van der Waals surface area (Å²) in [6.45, 7) is 6.94. The molecule has 0 bridgehead atoms. The molecule has 5 heterocycles. The lowest BCUT2D eigenvalue weighted by Crippen LogP contribution is -2.45. The molecule has 8 nitrogen and oxygen atoms in total. The summed E-state index contributed by atoms with van der Waals surface area (Å²) in [5, 5.41) is 4.84. The molecule has 2 aliphatic heterocycles. The van der Waals surface area contributed by atoms with Crippen molar-refractivity contribution in [1.82, 2.24) is 29.4 Å². The second kappa shape index (κ2) is 9.79. The molecule has 0 radical (unpaired) electrons. The van der Waals surface area contributed by atoms with Gasteiger partial charge in [-0.2, -0.15) is 4.52 Å². The Labute approximate surface area is 206 Å². The Kier molecular flexibility index (Phi) is 6.22. The number of benzene rings is 1. The molecule has 4 aromatic rings. The highest BCUT2D eigenvalue weighted by molar-refractivity contribution is 5.58. The van der Waals surface area contributed by atoms with Gasteiger partial charge in [-0.05, 0) is 63.0 Å². The molecule has 2 fully saturated rings. The molecule has 1 aromatic carbocycles. The monoisotopic (exact) mass is 471 g/mol. The second-order valence-electron chi connectivity index (χ2n) is 9.93. The van der Waals surface area contributed by atoms with Crippen molar-refractivity contribution < 1.29 is 4.42 Å². The van der Waals surface area contributed by atoms with Crippen LogP contribution in [0.15, 0.2) is 59.3 Å². The fraction of sp³-hybridized carbons (Fsp3) is 0.444. The molecule has 182 valence electrons. The van der Waals surface area contributed by atoms with E-state index in [1.165, 1.54) is 24.8 Å². The zero-order valence-corrected chi connectivity index (χ0v) is 20.4. The molecule has 0 aliphatic carbocycles. The molecule has 0 atom stereocenters. The van der Waals surface area contributed by atoms with Crippen molar-refractivity contribution in [3.05, 3.63) is 66.1 Å². The number of aromatic nitrogens is 4. The lowest BCUT2D eigenvalue weighted by molar-refractivity contribution is 0.177. The molecule has 6 rings (SSSR count). The van der Waals surface area contributed by atoms with Crippen LogP contribution in [0, 0.1) is 5.92 Å². The fourth-order valence-electron chi connectivity index (χ4n) is 5.29. The molecule has 0 saturated carbocycles. The van der Waals surface area contributed by atoms with E-state index in [0.29, 0.717) is 11.6 Å². The third-order valence-electron chi connectivity index (χ3n) is 7.42. The predicted octanol–water partition coefficient (Wildman–Crippen LogP) is 3.59. The first-order valence-electron chi connectivity index (χ1n) is 12.7. The molecule has 35 heavy (non-hydrogen) atoms. The van der Waals surface area contributed by atoms with Crippen LogP contribution in [0.4, 0.5) is 5.95 Å². The normalized spacial score (nSPS) is 18.5. The van der Waals surface area contributed by atoms with Crippen LogP contribution in [-0.4, -0.2) is 75.7 Å². The van der Waals surface area contributed by atoms with Crippen LogP contribution in [0.5, 0.6) is 0 Å². The van der Waals surface area contributed by atoms with E-state index in [9.17, 15) is 0 Å². The minimum atomic E-state index is 0.612. The van der Waals surface area contributed by atoms with Crippen molar-refractivity contribution in [2.45, 2.75) is 25.8 Å². The van der Waals surface area contributed by atoms with Gasteiger partial charge in [0, 0.05) is 44.5 Å². The first-order chi connectivity index (χ1) is 17.2. The lowest BCUT2D eigenvalue weighted by Gasteiger charge is -2.33. The Morgan fingerprint density at radius 2 is 1.74 bits per heavy atom. The third-order valence-corrected chi connectivity index (χ3v) is 7.42. The number of anilines is 1. The summed E-state index contributed by atoms with van der Waals surface area (Å²) in [4.78, 5) is 17.0. The zero-order chi connectivity index (χ0) is 23.6. The molecule has 0 unspecified atom stereocenters. The van der Waals surface area contributed by atoms with E-state index in [1.807, 2.05) is 22.8 Å². The van der Waals surface area contributed by atoms with Gasteiger partial charge in [-0.3, -0.25) is 4.90 Å². The Bertz CT molecular complexity index is 1240. The number of piperazine rings is 1. The van der Waals surface area contributed by atoms with Crippen LogP contribution in [0.2, 0.25) is 0 Å². The average Bonchev–Trinajstić information content (AvgIpc) is 3.57. The molecule has 2 saturated heterocycles. The van der Waals surface area contributed by atoms with Gasteiger partial charge >= 0.3 is 0 Å². The first kappa shape index (κ1) is 22.2. The molecule has 0 spiro atoms. The maximum Gasteiger partial charge on any atom is 0.228 e. The number of likely N-dealkylation sites (N-methyl/N-ethyl adjacent to an activating group) is 1. The van der Waals surface area contributed by atoms with Gasteiger partial charge in [-0.15, -0.1) is 5.10 Å². The molecule has 0 N–H and O–H groups in total. The van der Waals surface area contributed by atoms with Crippen LogP contribution in [0.1, 0.15) is 24.0 Å². The summed E-state index contributed by atoms with van der Waals surface area (Å²) in [7, 11) is 2.16. The van der Waals surface area contributed by atoms with Crippen molar-refractivity contribution in [2.75, 3.05) is 51.2 Å². The van der Waals surface area contributed by atoms with E-state index in [2.05, 4.69) is 52.1 Å². The highest BCUT2D eigenvalue weighted by Gasteiger charge is 2.24. The third kappa shape index (κ3) is 4.81. The standard InChI is InChI=1S/C27H33N7O/c1-31-13-15-33(16-14-31)27-28-19-23(26-29-25(30-34(26)27)24-8-5-17-35-24)20-32-11-9-22(10-12-32)18-21-6-3-2-4-7-21/h2-8,17,19,22H,9-16,18,20H2,1H3. The van der Waals surface area contributed by atoms with E-state index < -0.39 is 0 Å².